The summed E-state index contributed by atoms with van der Waals surface area (Å²) in [6, 6.07) is 9.89. The second-order valence-electron chi connectivity index (χ2n) is 8.17. The van der Waals surface area contributed by atoms with Crippen LogP contribution in [0.2, 0.25) is 0 Å². The smallest absolute Gasteiger partial charge is 0.416 e. The van der Waals surface area contributed by atoms with E-state index in [2.05, 4.69) is 4.98 Å². The van der Waals surface area contributed by atoms with Crippen LogP contribution >= 0.6 is 11.3 Å². The van der Waals surface area contributed by atoms with Crippen LogP contribution in [0.15, 0.2) is 48.5 Å². The number of carbonyl (C=O) groups is 2. The van der Waals surface area contributed by atoms with Gasteiger partial charge in [-0.05, 0) is 67.8 Å². The van der Waals surface area contributed by atoms with E-state index < -0.39 is 11.7 Å². The topological polar surface area (TPSA) is 56.3 Å². The molecule has 0 saturated heterocycles. The molecule has 0 radical (unpaired) electrons. The lowest BCUT2D eigenvalue weighted by Crippen LogP contribution is -2.07. The van der Waals surface area contributed by atoms with Crippen LogP contribution in [0.5, 0.6) is 5.75 Å². The number of thiazole rings is 1. The molecule has 178 valence electrons. The zero-order valence-corrected chi connectivity index (χ0v) is 20.0. The van der Waals surface area contributed by atoms with Crippen LogP contribution in [-0.4, -0.2) is 23.2 Å². The molecule has 0 N–H and O–H groups in total. The van der Waals surface area contributed by atoms with Crippen LogP contribution in [0.4, 0.5) is 13.2 Å². The van der Waals surface area contributed by atoms with Gasteiger partial charge in [-0.3, -0.25) is 9.59 Å². The minimum Gasteiger partial charge on any atom is -0.486 e. The van der Waals surface area contributed by atoms with Gasteiger partial charge in [0.05, 0.1) is 16.1 Å². The first-order valence-corrected chi connectivity index (χ1v) is 11.4. The van der Waals surface area contributed by atoms with Gasteiger partial charge in [0.25, 0.3) is 0 Å². The molecule has 0 aliphatic carbocycles. The molecule has 8 heteroatoms. The Morgan fingerprint density at radius 2 is 1.79 bits per heavy atom. The molecule has 0 bridgehead atoms. The second kappa shape index (κ2) is 10.3. The molecule has 0 amide bonds. The number of aromatic nitrogens is 1. The summed E-state index contributed by atoms with van der Waals surface area (Å²) < 4.78 is 44.0. The highest BCUT2D eigenvalue weighted by molar-refractivity contribution is 7.16. The van der Waals surface area contributed by atoms with Crippen LogP contribution in [0.3, 0.4) is 0 Å². The first-order chi connectivity index (χ1) is 16.0. The molecule has 0 spiro atoms. The van der Waals surface area contributed by atoms with Gasteiger partial charge >= 0.3 is 6.18 Å². The number of Topliss-reactive ketones (excluding diaryl/α,β-unsaturated/α-hetero) is 1. The van der Waals surface area contributed by atoms with E-state index in [1.165, 1.54) is 36.5 Å². The maximum absolute atomic E-state index is 12.9. The molecule has 0 fully saturated rings. The van der Waals surface area contributed by atoms with Gasteiger partial charge in [0.1, 0.15) is 17.4 Å². The van der Waals surface area contributed by atoms with Gasteiger partial charge in [-0.2, -0.15) is 13.2 Å². The number of nitrogens with zero attached hydrogens (tertiary/aromatic N) is 1. The Hall–Kier alpha value is -3.26. The zero-order chi connectivity index (χ0) is 25.0. The van der Waals surface area contributed by atoms with Gasteiger partial charge in [-0.1, -0.05) is 26.0 Å². The number of alkyl halides is 3. The van der Waals surface area contributed by atoms with Crippen LogP contribution in [0.25, 0.3) is 16.6 Å². The van der Waals surface area contributed by atoms with Crippen LogP contribution in [0, 0.1) is 6.92 Å². The van der Waals surface area contributed by atoms with Gasteiger partial charge in [-0.15, -0.1) is 11.3 Å². The quantitative estimate of drug-likeness (QED) is 0.251. The Kier molecular flexibility index (Phi) is 7.71. The van der Waals surface area contributed by atoms with Crippen molar-refractivity contribution in [3.63, 3.8) is 0 Å². The van der Waals surface area contributed by atoms with Crippen molar-refractivity contribution < 1.29 is 27.5 Å². The van der Waals surface area contributed by atoms with Gasteiger partial charge in [-0.25, -0.2) is 4.98 Å². The fraction of sp³-hybridized carbons (Fsp3) is 0.269. The number of hydrogen-bond acceptors (Lipinski definition) is 5. The average Bonchev–Trinajstić information content (AvgIpc) is 3.20. The summed E-state index contributed by atoms with van der Waals surface area (Å²) in [6.45, 7) is 7.14. The summed E-state index contributed by atoms with van der Waals surface area (Å²) >= 11 is 1.32. The van der Waals surface area contributed by atoms with Gasteiger partial charge < -0.3 is 4.74 Å². The first kappa shape index (κ1) is 25.4. The summed E-state index contributed by atoms with van der Waals surface area (Å²) in [6.07, 6.45) is -1.24. The van der Waals surface area contributed by atoms with E-state index in [-0.39, 0.29) is 24.1 Å². The number of aryl methyl sites for hydroxylation is 1. The van der Waals surface area contributed by atoms with Crippen molar-refractivity contribution in [2.45, 2.75) is 39.8 Å². The fourth-order valence-corrected chi connectivity index (χ4v) is 4.32. The minimum atomic E-state index is -4.39. The number of allylic oxidation sites excluding steroid dienone is 1. The van der Waals surface area contributed by atoms with E-state index in [1.54, 1.807) is 31.2 Å². The maximum Gasteiger partial charge on any atom is 0.416 e. The third kappa shape index (κ3) is 6.20. The molecule has 0 atom stereocenters. The van der Waals surface area contributed by atoms with Crippen molar-refractivity contribution >= 4 is 29.0 Å². The summed E-state index contributed by atoms with van der Waals surface area (Å²) in [5.41, 5.74) is 1.86. The molecule has 1 aromatic heterocycles. The lowest BCUT2D eigenvalue weighted by Gasteiger charge is -2.08. The predicted octanol–water partition coefficient (Wildman–Crippen LogP) is 7.12. The number of halogens is 3. The molecule has 0 saturated carbocycles. The number of rotatable bonds is 8. The lowest BCUT2D eigenvalue weighted by molar-refractivity contribution is -0.137. The van der Waals surface area contributed by atoms with E-state index in [0.29, 0.717) is 21.9 Å². The van der Waals surface area contributed by atoms with E-state index in [0.717, 1.165) is 28.3 Å². The molecule has 0 aliphatic heterocycles. The monoisotopic (exact) mass is 487 g/mol. The van der Waals surface area contributed by atoms with Crippen LogP contribution in [-0.2, 0) is 11.0 Å². The molecule has 1 heterocycles. The Balaban J connectivity index is 1.82. The van der Waals surface area contributed by atoms with Crippen molar-refractivity contribution in [1.29, 1.82) is 0 Å². The minimum absolute atomic E-state index is 0.0291. The number of ether oxygens (including phenoxy) is 1. The molecule has 3 aromatic rings. The molecule has 4 nitrogen and oxygen atoms in total. The fourth-order valence-electron chi connectivity index (χ4n) is 3.19. The number of hydrogen-bond donors (Lipinski definition) is 0. The van der Waals surface area contributed by atoms with E-state index in [1.807, 2.05) is 13.8 Å². The summed E-state index contributed by atoms with van der Waals surface area (Å²) in [4.78, 5) is 29.2. The van der Waals surface area contributed by atoms with Crippen molar-refractivity contribution in [2.75, 3.05) is 6.61 Å². The molecule has 2 aromatic carbocycles. The Morgan fingerprint density at radius 3 is 2.35 bits per heavy atom. The van der Waals surface area contributed by atoms with Crippen molar-refractivity contribution in [2.24, 2.45) is 0 Å². The standard InChI is InChI=1S/C26H24F3NO3S/c1-15(2)24-23(34-25(30-24)18-5-8-20(9-6-18)26(27,28)29)12-10-21(32)19-7-11-22(16(3)13-19)33-14-17(4)31/h5-13,15H,14H2,1-4H3/b12-10+. The zero-order valence-electron chi connectivity index (χ0n) is 19.2. The van der Waals surface area contributed by atoms with Crippen molar-refractivity contribution in [3.05, 3.63) is 75.8 Å². The number of carbonyl (C=O) groups excluding carboxylic acids is 2. The molecule has 34 heavy (non-hydrogen) atoms. The predicted molar refractivity (Wildman–Crippen MR) is 127 cm³/mol. The normalized spacial score (nSPS) is 11.9. The molecule has 0 unspecified atom stereocenters. The number of benzene rings is 2. The van der Waals surface area contributed by atoms with Crippen molar-refractivity contribution in [1.82, 2.24) is 4.98 Å². The van der Waals surface area contributed by atoms with Gasteiger partial charge in [0.15, 0.2) is 11.6 Å². The Bertz CT molecular complexity index is 1230. The maximum atomic E-state index is 12.9. The molecular weight excluding hydrogens is 463 g/mol. The van der Waals surface area contributed by atoms with Gasteiger partial charge in [0.2, 0.25) is 0 Å². The highest BCUT2D eigenvalue weighted by atomic mass is 32.1. The highest BCUT2D eigenvalue weighted by Crippen LogP contribution is 2.35. The average molecular weight is 488 g/mol. The summed E-state index contributed by atoms with van der Waals surface area (Å²) in [5, 5.41) is 0.590. The molecule has 3 rings (SSSR count). The van der Waals surface area contributed by atoms with Crippen LogP contribution in [0.1, 0.15) is 58.7 Å². The Morgan fingerprint density at radius 1 is 1.12 bits per heavy atom. The van der Waals surface area contributed by atoms with Crippen LogP contribution < -0.4 is 4.74 Å². The van der Waals surface area contributed by atoms with Gasteiger partial charge in [0, 0.05) is 11.1 Å². The molecule has 0 aliphatic rings. The Labute approximate surface area is 200 Å². The second-order valence-corrected chi connectivity index (χ2v) is 9.20. The van der Waals surface area contributed by atoms with E-state index >= 15 is 0 Å². The third-order valence-corrected chi connectivity index (χ3v) is 6.05. The van der Waals surface area contributed by atoms with E-state index in [9.17, 15) is 22.8 Å². The number of ketones is 2. The SMILES string of the molecule is CC(=O)COc1ccc(C(=O)/C=C/c2sc(-c3ccc(C(F)(F)F)cc3)nc2C(C)C)cc1C. The summed E-state index contributed by atoms with van der Waals surface area (Å²) in [7, 11) is 0. The lowest BCUT2D eigenvalue weighted by atomic mass is 10.1. The van der Waals surface area contributed by atoms with Crippen molar-refractivity contribution in [3.8, 4) is 16.3 Å². The first-order valence-electron chi connectivity index (χ1n) is 10.6. The highest BCUT2D eigenvalue weighted by Gasteiger charge is 2.30. The van der Waals surface area contributed by atoms with E-state index in [4.69, 9.17) is 4.74 Å². The largest absolute Gasteiger partial charge is 0.486 e. The molecular formula is C26H24F3NO3S. The third-order valence-electron chi connectivity index (χ3n) is 4.96. The summed E-state index contributed by atoms with van der Waals surface area (Å²) in [5.74, 6) is 0.305.